The number of hydrogen-bond acceptors (Lipinski definition) is 4. The van der Waals surface area contributed by atoms with Gasteiger partial charge in [-0.05, 0) is 39.3 Å². The Bertz CT molecular complexity index is 532. The van der Waals surface area contributed by atoms with Crippen LogP contribution in [0.4, 0.5) is 0 Å². The average molecular weight is 304 g/mol. The molecule has 0 radical (unpaired) electrons. The summed E-state index contributed by atoms with van der Waals surface area (Å²) >= 11 is 0. The first-order valence-electron chi connectivity index (χ1n) is 8.34. The molecule has 0 aliphatic carbocycles. The Morgan fingerprint density at radius 1 is 1.14 bits per heavy atom. The lowest BCUT2D eigenvalue weighted by Gasteiger charge is -2.43. The Kier molecular flexibility index (Phi) is 4.59. The standard InChI is InChI=1S/C18H28N2O2/c1-13-17(21-3)8-7-15(18(13)22-4)12-20-11-10-19-9-5-6-16(19)14(20)2/h7-8,14,16H,5-6,9-12H2,1-4H3/t14-,16+/m0/s1. The van der Waals surface area contributed by atoms with Gasteiger partial charge < -0.3 is 9.47 Å². The van der Waals surface area contributed by atoms with Crippen molar-refractivity contribution in [1.82, 2.24) is 9.80 Å². The minimum atomic E-state index is 0.614. The smallest absolute Gasteiger partial charge is 0.129 e. The van der Waals surface area contributed by atoms with Crippen molar-refractivity contribution in [3.05, 3.63) is 23.3 Å². The third-order valence-electron chi connectivity index (χ3n) is 5.46. The first-order chi connectivity index (χ1) is 10.7. The van der Waals surface area contributed by atoms with E-state index in [-0.39, 0.29) is 0 Å². The second-order valence-electron chi connectivity index (χ2n) is 6.54. The highest BCUT2D eigenvalue weighted by Gasteiger charge is 2.36. The van der Waals surface area contributed by atoms with Gasteiger partial charge in [0.2, 0.25) is 0 Å². The maximum absolute atomic E-state index is 5.66. The van der Waals surface area contributed by atoms with Crippen LogP contribution in [0.25, 0.3) is 0 Å². The van der Waals surface area contributed by atoms with Crippen LogP contribution in [0.1, 0.15) is 30.9 Å². The number of nitrogens with zero attached hydrogens (tertiary/aromatic N) is 2. The van der Waals surface area contributed by atoms with E-state index in [9.17, 15) is 0 Å². The van der Waals surface area contributed by atoms with Crippen molar-refractivity contribution < 1.29 is 9.47 Å². The van der Waals surface area contributed by atoms with Crippen molar-refractivity contribution in [3.63, 3.8) is 0 Å². The summed E-state index contributed by atoms with van der Waals surface area (Å²) in [6.45, 7) is 9.04. The fourth-order valence-electron chi connectivity index (χ4n) is 4.18. The van der Waals surface area contributed by atoms with Crippen LogP contribution in [-0.2, 0) is 6.54 Å². The van der Waals surface area contributed by atoms with Crippen LogP contribution in [0.15, 0.2) is 12.1 Å². The number of piperazine rings is 1. The lowest BCUT2D eigenvalue weighted by Crippen LogP contribution is -2.55. The predicted octanol–water partition coefficient (Wildman–Crippen LogP) is 2.68. The third-order valence-corrected chi connectivity index (χ3v) is 5.46. The molecule has 0 bridgehead atoms. The molecule has 4 nitrogen and oxygen atoms in total. The lowest BCUT2D eigenvalue weighted by atomic mass is 10.0. The molecule has 3 rings (SSSR count). The first-order valence-corrected chi connectivity index (χ1v) is 8.34. The Labute approximate surface area is 134 Å². The minimum Gasteiger partial charge on any atom is -0.496 e. The van der Waals surface area contributed by atoms with Crippen LogP contribution in [0.5, 0.6) is 11.5 Å². The molecule has 0 amide bonds. The van der Waals surface area contributed by atoms with E-state index < -0.39 is 0 Å². The Balaban J connectivity index is 1.79. The molecule has 1 aromatic rings. The van der Waals surface area contributed by atoms with Gasteiger partial charge in [-0.15, -0.1) is 0 Å². The lowest BCUT2D eigenvalue weighted by molar-refractivity contribution is 0.0465. The monoisotopic (exact) mass is 304 g/mol. The quantitative estimate of drug-likeness (QED) is 0.854. The Hall–Kier alpha value is -1.26. The van der Waals surface area contributed by atoms with Gasteiger partial charge in [0, 0.05) is 42.8 Å². The van der Waals surface area contributed by atoms with E-state index in [0.29, 0.717) is 6.04 Å². The summed E-state index contributed by atoms with van der Waals surface area (Å²) < 4.78 is 11.1. The summed E-state index contributed by atoms with van der Waals surface area (Å²) in [5.74, 6) is 1.87. The summed E-state index contributed by atoms with van der Waals surface area (Å²) in [6.07, 6.45) is 2.70. The van der Waals surface area contributed by atoms with Gasteiger partial charge >= 0.3 is 0 Å². The molecule has 0 spiro atoms. The van der Waals surface area contributed by atoms with E-state index in [4.69, 9.17) is 9.47 Å². The second-order valence-corrected chi connectivity index (χ2v) is 6.54. The van der Waals surface area contributed by atoms with Crippen LogP contribution >= 0.6 is 0 Å². The summed E-state index contributed by atoms with van der Waals surface area (Å²) in [4.78, 5) is 5.27. The van der Waals surface area contributed by atoms with Crippen LogP contribution in [0.3, 0.4) is 0 Å². The van der Waals surface area contributed by atoms with Gasteiger partial charge in [-0.25, -0.2) is 0 Å². The van der Waals surface area contributed by atoms with E-state index in [1.807, 2.05) is 0 Å². The van der Waals surface area contributed by atoms with Crippen LogP contribution in [0.2, 0.25) is 0 Å². The Morgan fingerprint density at radius 3 is 2.68 bits per heavy atom. The molecule has 4 heteroatoms. The van der Waals surface area contributed by atoms with Gasteiger partial charge in [-0.1, -0.05) is 6.07 Å². The van der Waals surface area contributed by atoms with Crippen LogP contribution in [-0.4, -0.2) is 55.7 Å². The highest BCUT2D eigenvalue weighted by atomic mass is 16.5. The molecule has 2 aliphatic heterocycles. The van der Waals surface area contributed by atoms with Gasteiger partial charge in [0.15, 0.2) is 0 Å². The zero-order valence-electron chi connectivity index (χ0n) is 14.3. The van der Waals surface area contributed by atoms with Crippen LogP contribution in [0, 0.1) is 6.92 Å². The van der Waals surface area contributed by atoms with E-state index in [0.717, 1.165) is 36.2 Å². The highest BCUT2D eigenvalue weighted by Crippen LogP contribution is 2.34. The second kappa shape index (κ2) is 6.47. The molecular formula is C18H28N2O2. The number of ether oxygens (including phenoxy) is 2. The normalized spacial score (nSPS) is 26.0. The molecule has 2 saturated heterocycles. The number of fused-ring (bicyclic) bond motifs is 1. The molecule has 0 aromatic heterocycles. The van der Waals surface area contributed by atoms with Gasteiger partial charge in [0.05, 0.1) is 14.2 Å². The van der Waals surface area contributed by atoms with E-state index in [1.54, 1.807) is 14.2 Å². The van der Waals surface area contributed by atoms with Crippen molar-refractivity contribution in [3.8, 4) is 11.5 Å². The fraction of sp³-hybridized carbons (Fsp3) is 0.667. The third kappa shape index (κ3) is 2.70. The van der Waals surface area contributed by atoms with Gasteiger partial charge in [-0.2, -0.15) is 0 Å². The first kappa shape index (κ1) is 15.6. The van der Waals surface area contributed by atoms with Crippen molar-refractivity contribution in [1.29, 1.82) is 0 Å². The van der Waals surface area contributed by atoms with Gasteiger partial charge in [0.25, 0.3) is 0 Å². The topological polar surface area (TPSA) is 24.9 Å². The average Bonchev–Trinajstić information content (AvgIpc) is 3.00. The van der Waals surface area contributed by atoms with E-state index >= 15 is 0 Å². The fourth-order valence-corrected chi connectivity index (χ4v) is 4.18. The van der Waals surface area contributed by atoms with Gasteiger partial charge in [0.1, 0.15) is 11.5 Å². The molecule has 122 valence electrons. The summed E-state index contributed by atoms with van der Waals surface area (Å²) in [5, 5.41) is 0. The summed E-state index contributed by atoms with van der Waals surface area (Å²) in [5.41, 5.74) is 2.36. The van der Waals surface area contributed by atoms with Crippen molar-refractivity contribution in [2.45, 2.75) is 45.3 Å². The maximum atomic E-state index is 5.66. The van der Waals surface area contributed by atoms with Crippen molar-refractivity contribution in [2.75, 3.05) is 33.9 Å². The Morgan fingerprint density at radius 2 is 1.95 bits per heavy atom. The highest BCUT2D eigenvalue weighted by molar-refractivity contribution is 5.49. The zero-order valence-corrected chi connectivity index (χ0v) is 14.3. The largest absolute Gasteiger partial charge is 0.496 e. The van der Waals surface area contributed by atoms with E-state index in [2.05, 4.69) is 35.8 Å². The molecular weight excluding hydrogens is 276 g/mol. The molecule has 2 aliphatic rings. The summed E-state index contributed by atoms with van der Waals surface area (Å²) in [7, 11) is 3.46. The van der Waals surface area contributed by atoms with Crippen LogP contribution < -0.4 is 9.47 Å². The predicted molar refractivity (Wildman–Crippen MR) is 88.8 cm³/mol. The molecule has 1 aromatic carbocycles. The maximum Gasteiger partial charge on any atom is 0.129 e. The van der Waals surface area contributed by atoms with Crippen molar-refractivity contribution in [2.24, 2.45) is 0 Å². The molecule has 2 heterocycles. The number of rotatable bonds is 4. The number of benzene rings is 1. The SMILES string of the molecule is COc1ccc(CN2CCN3CCC[C@@H]3[C@@H]2C)c(OC)c1C. The zero-order chi connectivity index (χ0) is 15.7. The van der Waals surface area contributed by atoms with Gasteiger partial charge in [-0.3, -0.25) is 9.80 Å². The molecule has 0 unspecified atom stereocenters. The molecule has 2 fully saturated rings. The molecule has 0 saturated carbocycles. The number of hydrogen-bond donors (Lipinski definition) is 0. The summed E-state index contributed by atoms with van der Waals surface area (Å²) in [6, 6.07) is 5.56. The van der Waals surface area contributed by atoms with E-state index in [1.165, 1.54) is 31.5 Å². The van der Waals surface area contributed by atoms with Crippen molar-refractivity contribution >= 4 is 0 Å². The minimum absolute atomic E-state index is 0.614. The molecule has 22 heavy (non-hydrogen) atoms. The molecule has 2 atom stereocenters. The molecule has 0 N–H and O–H groups in total. The number of methoxy groups -OCH3 is 2.